The van der Waals surface area contributed by atoms with Crippen LogP contribution < -0.4 is 10.6 Å². The molecule has 1 aliphatic heterocycles. The van der Waals surface area contributed by atoms with Crippen molar-refractivity contribution in [1.82, 2.24) is 15.5 Å². The van der Waals surface area contributed by atoms with Crippen LogP contribution in [-0.2, 0) is 13.1 Å². The lowest BCUT2D eigenvalue weighted by atomic mass is 9.96. The largest absolute Gasteiger partial charge is 0.356 e. The molecule has 1 aromatic carbocycles. The molecule has 4 nitrogen and oxygen atoms in total. The average Bonchev–Trinajstić information content (AvgIpc) is 3.18. The van der Waals surface area contributed by atoms with Crippen molar-refractivity contribution in [2.45, 2.75) is 25.9 Å². The summed E-state index contributed by atoms with van der Waals surface area (Å²) in [7, 11) is 1.81. The third kappa shape index (κ3) is 7.04. The summed E-state index contributed by atoms with van der Waals surface area (Å²) in [5, 5.41) is 11.0. The number of aliphatic imine (C=N–C) groups is 1. The first-order valence-corrected chi connectivity index (χ1v) is 10.1. The van der Waals surface area contributed by atoms with E-state index < -0.39 is 0 Å². The molecular formula is C20H28FIN4S. The van der Waals surface area contributed by atoms with Gasteiger partial charge in [-0.25, -0.2) is 4.39 Å². The molecule has 0 saturated carbocycles. The van der Waals surface area contributed by atoms with Gasteiger partial charge in [0.2, 0.25) is 0 Å². The van der Waals surface area contributed by atoms with Crippen molar-refractivity contribution in [3.05, 3.63) is 58.0 Å². The first kappa shape index (κ1) is 22.1. The molecule has 0 spiro atoms. The first-order chi connectivity index (χ1) is 12.7. The zero-order valence-corrected chi connectivity index (χ0v) is 18.8. The minimum atomic E-state index is -0.100. The Morgan fingerprint density at radius 2 is 2.00 bits per heavy atom. The fourth-order valence-corrected chi connectivity index (χ4v) is 3.93. The Kier molecular flexibility index (Phi) is 9.50. The van der Waals surface area contributed by atoms with Gasteiger partial charge in [-0.1, -0.05) is 18.2 Å². The number of guanidine groups is 1. The number of hydrogen-bond acceptors (Lipinski definition) is 3. The number of benzene rings is 1. The summed E-state index contributed by atoms with van der Waals surface area (Å²) in [6.07, 6.45) is 2.26. The Morgan fingerprint density at radius 1 is 1.22 bits per heavy atom. The number of rotatable bonds is 6. The van der Waals surface area contributed by atoms with Crippen molar-refractivity contribution in [1.29, 1.82) is 0 Å². The first-order valence-electron chi connectivity index (χ1n) is 9.16. The predicted octanol–water partition coefficient (Wildman–Crippen LogP) is 4.08. The highest BCUT2D eigenvalue weighted by molar-refractivity contribution is 14.0. The topological polar surface area (TPSA) is 39.7 Å². The Bertz CT molecular complexity index is 700. The zero-order valence-electron chi connectivity index (χ0n) is 15.7. The van der Waals surface area contributed by atoms with Crippen molar-refractivity contribution >= 4 is 41.3 Å². The van der Waals surface area contributed by atoms with Gasteiger partial charge in [0.1, 0.15) is 5.82 Å². The van der Waals surface area contributed by atoms with Gasteiger partial charge in [0, 0.05) is 32.2 Å². The van der Waals surface area contributed by atoms with Crippen molar-refractivity contribution in [2.24, 2.45) is 10.9 Å². The van der Waals surface area contributed by atoms with Crippen LogP contribution in [0.15, 0.2) is 46.1 Å². The third-order valence-corrected chi connectivity index (χ3v) is 5.61. The van der Waals surface area contributed by atoms with E-state index >= 15 is 0 Å². The van der Waals surface area contributed by atoms with Crippen LogP contribution >= 0.6 is 35.3 Å². The monoisotopic (exact) mass is 502 g/mol. The minimum absolute atomic E-state index is 0. The van der Waals surface area contributed by atoms with Crippen LogP contribution in [-0.4, -0.2) is 37.5 Å². The lowest BCUT2D eigenvalue weighted by molar-refractivity contribution is 0.176. The quantitative estimate of drug-likeness (QED) is 0.355. The molecule has 3 rings (SSSR count). The van der Waals surface area contributed by atoms with E-state index in [1.165, 1.54) is 5.56 Å². The molecule has 0 amide bonds. The number of piperidine rings is 1. The van der Waals surface area contributed by atoms with Crippen LogP contribution in [0.5, 0.6) is 0 Å². The van der Waals surface area contributed by atoms with Gasteiger partial charge in [-0.15, -0.1) is 24.0 Å². The molecule has 0 radical (unpaired) electrons. The Morgan fingerprint density at radius 3 is 2.67 bits per heavy atom. The smallest absolute Gasteiger partial charge is 0.191 e. The maximum absolute atomic E-state index is 13.8. The molecule has 2 heterocycles. The highest BCUT2D eigenvalue weighted by atomic mass is 127. The molecule has 0 aliphatic carbocycles. The number of likely N-dealkylation sites (tertiary alicyclic amines) is 1. The molecule has 1 saturated heterocycles. The lowest BCUT2D eigenvalue weighted by Gasteiger charge is -2.32. The molecule has 1 aliphatic rings. The summed E-state index contributed by atoms with van der Waals surface area (Å²) < 4.78 is 13.8. The van der Waals surface area contributed by atoms with Gasteiger partial charge in [0.05, 0.1) is 0 Å². The van der Waals surface area contributed by atoms with Gasteiger partial charge in [0.15, 0.2) is 5.96 Å². The second kappa shape index (κ2) is 11.6. The van der Waals surface area contributed by atoms with Crippen molar-refractivity contribution in [2.75, 3.05) is 26.7 Å². The van der Waals surface area contributed by atoms with Crippen LogP contribution in [0, 0.1) is 11.7 Å². The van der Waals surface area contributed by atoms with E-state index in [-0.39, 0.29) is 29.8 Å². The van der Waals surface area contributed by atoms with E-state index in [4.69, 9.17) is 0 Å². The van der Waals surface area contributed by atoms with Gasteiger partial charge in [-0.3, -0.25) is 9.89 Å². The Hall–Kier alpha value is -1.19. The number of halogens is 2. The van der Waals surface area contributed by atoms with Crippen molar-refractivity contribution < 1.29 is 4.39 Å². The van der Waals surface area contributed by atoms with E-state index in [0.717, 1.165) is 50.5 Å². The molecular weight excluding hydrogens is 474 g/mol. The third-order valence-electron chi connectivity index (χ3n) is 4.88. The number of hydrogen-bond donors (Lipinski definition) is 2. The molecule has 148 valence electrons. The second-order valence-corrected chi connectivity index (χ2v) is 7.53. The molecule has 0 unspecified atom stereocenters. The number of thiophene rings is 1. The summed E-state index contributed by atoms with van der Waals surface area (Å²) in [6.45, 7) is 4.46. The SMILES string of the molecule is CN=C(NCc1ccsc1)NCC1CCN(Cc2ccccc2F)CC1.I. The normalized spacial score (nSPS) is 16.0. The van der Waals surface area contributed by atoms with Gasteiger partial charge < -0.3 is 10.6 Å². The average molecular weight is 502 g/mol. The van der Waals surface area contributed by atoms with Gasteiger partial charge in [-0.05, 0) is 60.3 Å². The van der Waals surface area contributed by atoms with Crippen LogP contribution in [0.2, 0.25) is 0 Å². The van der Waals surface area contributed by atoms with Crippen molar-refractivity contribution in [3.8, 4) is 0 Å². The molecule has 0 bridgehead atoms. The fourth-order valence-electron chi connectivity index (χ4n) is 3.26. The van der Waals surface area contributed by atoms with Crippen LogP contribution in [0.1, 0.15) is 24.0 Å². The van der Waals surface area contributed by atoms with Crippen LogP contribution in [0.25, 0.3) is 0 Å². The summed E-state index contributed by atoms with van der Waals surface area (Å²) >= 11 is 1.71. The number of nitrogens with zero attached hydrogens (tertiary/aromatic N) is 2. The summed E-state index contributed by atoms with van der Waals surface area (Å²) in [6, 6.07) is 9.20. The highest BCUT2D eigenvalue weighted by Gasteiger charge is 2.20. The molecule has 1 fully saturated rings. The standard InChI is InChI=1S/C20H27FN4S.HI/c1-22-20(24-13-17-8-11-26-15-17)23-12-16-6-9-25(10-7-16)14-18-4-2-3-5-19(18)21;/h2-5,8,11,15-16H,6-7,9-10,12-14H2,1H3,(H2,22,23,24);1H. The molecule has 1 aromatic heterocycles. The maximum atomic E-state index is 13.8. The summed E-state index contributed by atoms with van der Waals surface area (Å²) in [5.41, 5.74) is 2.07. The molecule has 2 N–H and O–H groups in total. The van der Waals surface area contributed by atoms with Crippen LogP contribution in [0.3, 0.4) is 0 Å². The maximum Gasteiger partial charge on any atom is 0.191 e. The zero-order chi connectivity index (χ0) is 18.2. The Labute approximate surface area is 182 Å². The van der Waals surface area contributed by atoms with E-state index in [1.807, 2.05) is 12.1 Å². The van der Waals surface area contributed by atoms with Gasteiger partial charge in [0.25, 0.3) is 0 Å². The molecule has 7 heteroatoms. The Balaban J connectivity index is 0.00000261. The predicted molar refractivity (Wildman–Crippen MR) is 122 cm³/mol. The minimum Gasteiger partial charge on any atom is -0.356 e. The van der Waals surface area contributed by atoms with Gasteiger partial charge in [-0.2, -0.15) is 11.3 Å². The van der Waals surface area contributed by atoms with E-state index in [1.54, 1.807) is 30.5 Å². The van der Waals surface area contributed by atoms with E-state index in [0.29, 0.717) is 12.5 Å². The van der Waals surface area contributed by atoms with Gasteiger partial charge >= 0.3 is 0 Å². The molecule has 2 aromatic rings. The second-order valence-electron chi connectivity index (χ2n) is 6.75. The molecule has 27 heavy (non-hydrogen) atoms. The summed E-state index contributed by atoms with van der Waals surface area (Å²) in [4.78, 5) is 6.64. The summed E-state index contributed by atoms with van der Waals surface area (Å²) in [5.74, 6) is 1.38. The molecule has 0 atom stereocenters. The lowest BCUT2D eigenvalue weighted by Crippen LogP contribution is -2.42. The van der Waals surface area contributed by atoms with E-state index in [9.17, 15) is 4.39 Å². The highest BCUT2D eigenvalue weighted by Crippen LogP contribution is 2.19. The van der Waals surface area contributed by atoms with E-state index in [2.05, 4.69) is 37.4 Å². The number of nitrogens with one attached hydrogen (secondary N) is 2. The fraction of sp³-hybridized carbons (Fsp3) is 0.450. The van der Waals surface area contributed by atoms with Crippen molar-refractivity contribution in [3.63, 3.8) is 0 Å². The van der Waals surface area contributed by atoms with Crippen LogP contribution in [0.4, 0.5) is 4.39 Å².